The summed E-state index contributed by atoms with van der Waals surface area (Å²) in [4.78, 5) is 0.458. The fourth-order valence-electron chi connectivity index (χ4n) is 2.38. The lowest BCUT2D eigenvalue weighted by Crippen LogP contribution is -2.32. The Morgan fingerprint density at radius 1 is 1.33 bits per heavy atom. The van der Waals surface area contributed by atoms with Gasteiger partial charge in [0.05, 0.1) is 4.90 Å². The average molecular weight is 221 g/mol. The van der Waals surface area contributed by atoms with Crippen LogP contribution >= 0.6 is 0 Å². The van der Waals surface area contributed by atoms with Crippen LogP contribution in [0.5, 0.6) is 0 Å². The lowest BCUT2D eigenvalue weighted by atomic mass is 9.95. The summed E-state index contributed by atoms with van der Waals surface area (Å²) >= 11 is 0. The molecule has 78 valence electrons. The van der Waals surface area contributed by atoms with Crippen molar-refractivity contribution in [3.8, 4) is 0 Å². The van der Waals surface area contributed by atoms with Crippen molar-refractivity contribution in [3.63, 3.8) is 0 Å². The number of benzene rings is 1. The fourth-order valence-corrected chi connectivity index (χ4v) is 4.10. The molecule has 0 spiro atoms. The van der Waals surface area contributed by atoms with Gasteiger partial charge in [0.2, 0.25) is 10.0 Å². The van der Waals surface area contributed by atoms with Gasteiger partial charge in [0.25, 0.3) is 0 Å². The van der Waals surface area contributed by atoms with E-state index in [1.807, 2.05) is 12.1 Å². The highest BCUT2D eigenvalue weighted by molar-refractivity contribution is 7.89. The average Bonchev–Trinajstić information content (AvgIpc) is 2.57. The highest BCUT2D eigenvalue weighted by atomic mass is 32.2. The Kier molecular flexibility index (Phi) is 1.65. The lowest BCUT2D eigenvalue weighted by Gasteiger charge is -2.24. The summed E-state index contributed by atoms with van der Waals surface area (Å²) < 4.78 is 25.7. The summed E-state index contributed by atoms with van der Waals surface area (Å²) in [5, 5.41) is 0. The number of rotatable bonds is 0. The minimum Gasteiger partial charge on any atom is -0.207 e. The molecule has 3 nitrogen and oxygen atoms in total. The van der Waals surface area contributed by atoms with Crippen LogP contribution in [0.4, 0.5) is 0 Å². The molecular weight excluding hydrogens is 210 g/mol. The van der Waals surface area contributed by atoms with Crippen molar-refractivity contribution in [1.29, 1.82) is 0 Å². The molecule has 4 heteroatoms. The molecule has 0 amide bonds. The van der Waals surface area contributed by atoms with Crippen LogP contribution < -0.4 is 0 Å². The van der Waals surface area contributed by atoms with Crippen LogP contribution in [-0.2, 0) is 10.0 Å². The Labute approximate surface area is 89.1 Å². The van der Waals surface area contributed by atoms with Crippen LogP contribution in [-0.4, -0.2) is 25.8 Å². The number of hydrogen-bond donors (Lipinski definition) is 0. The van der Waals surface area contributed by atoms with E-state index in [0.717, 1.165) is 11.1 Å². The van der Waals surface area contributed by atoms with Gasteiger partial charge in [0.15, 0.2) is 0 Å². The van der Waals surface area contributed by atoms with E-state index in [1.54, 1.807) is 12.1 Å². The maximum atomic E-state index is 12.1. The summed E-state index contributed by atoms with van der Waals surface area (Å²) in [7, 11) is -3.25. The van der Waals surface area contributed by atoms with Gasteiger partial charge < -0.3 is 0 Å². The third-order valence-corrected chi connectivity index (χ3v) is 5.06. The van der Waals surface area contributed by atoms with Crippen molar-refractivity contribution in [3.05, 3.63) is 42.0 Å². The molecule has 15 heavy (non-hydrogen) atoms. The molecule has 0 saturated carbocycles. The lowest BCUT2D eigenvalue weighted by molar-refractivity contribution is 0.462. The zero-order valence-corrected chi connectivity index (χ0v) is 9.00. The van der Waals surface area contributed by atoms with Gasteiger partial charge in [0.1, 0.15) is 0 Å². The predicted molar refractivity (Wildman–Crippen MR) is 57.1 cm³/mol. The highest BCUT2D eigenvalue weighted by Crippen LogP contribution is 2.42. The molecule has 1 aromatic rings. The van der Waals surface area contributed by atoms with E-state index in [0.29, 0.717) is 18.0 Å². The van der Waals surface area contributed by atoms with Crippen molar-refractivity contribution >= 4 is 10.0 Å². The molecule has 2 aliphatic rings. The molecule has 2 bridgehead atoms. The SMILES string of the molecule is C=C1CN2C[C@H]1c1ccccc1S2(=O)=O. The quantitative estimate of drug-likeness (QED) is 0.620. The van der Waals surface area contributed by atoms with Gasteiger partial charge >= 0.3 is 0 Å². The standard InChI is InChI=1S/C11H11NO2S/c1-8-6-12-7-10(8)9-4-2-3-5-11(9)15(12,13)14/h2-5,10H,1,6-7H2/t10-/m1/s1. The van der Waals surface area contributed by atoms with E-state index in [4.69, 9.17) is 0 Å². The summed E-state index contributed by atoms with van der Waals surface area (Å²) in [6.07, 6.45) is 0. The van der Waals surface area contributed by atoms with Crippen LogP contribution in [0.1, 0.15) is 11.5 Å². The summed E-state index contributed by atoms with van der Waals surface area (Å²) in [6, 6.07) is 7.23. The number of nitrogens with zero attached hydrogens (tertiary/aromatic N) is 1. The molecule has 2 heterocycles. The van der Waals surface area contributed by atoms with E-state index in [-0.39, 0.29) is 5.92 Å². The van der Waals surface area contributed by atoms with E-state index >= 15 is 0 Å². The molecule has 2 aliphatic heterocycles. The summed E-state index contributed by atoms with van der Waals surface area (Å²) in [5.41, 5.74) is 1.92. The molecule has 0 aliphatic carbocycles. The number of hydrogen-bond acceptors (Lipinski definition) is 2. The van der Waals surface area contributed by atoms with Crippen molar-refractivity contribution in [2.75, 3.05) is 13.1 Å². The minimum atomic E-state index is -3.25. The second-order valence-electron chi connectivity index (χ2n) is 4.05. The maximum absolute atomic E-state index is 12.1. The van der Waals surface area contributed by atoms with Gasteiger partial charge in [-0.25, -0.2) is 8.42 Å². The monoisotopic (exact) mass is 221 g/mol. The Hall–Kier alpha value is -1.13. The Balaban J connectivity index is 2.35. The molecule has 0 aromatic heterocycles. The second-order valence-corrected chi connectivity index (χ2v) is 5.95. The zero-order valence-electron chi connectivity index (χ0n) is 8.18. The molecule has 3 rings (SSSR count). The van der Waals surface area contributed by atoms with Gasteiger partial charge in [-0.05, 0) is 11.6 Å². The predicted octanol–water partition coefficient (Wildman–Crippen LogP) is 1.34. The van der Waals surface area contributed by atoms with E-state index in [9.17, 15) is 8.42 Å². The van der Waals surface area contributed by atoms with Crippen molar-refractivity contribution in [2.45, 2.75) is 10.8 Å². The summed E-state index contributed by atoms with van der Waals surface area (Å²) in [5.74, 6) is 0.199. The van der Waals surface area contributed by atoms with Crippen LogP contribution in [0.3, 0.4) is 0 Å². The van der Waals surface area contributed by atoms with Crippen LogP contribution in [0.2, 0.25) is 0 Å². The Bertz CT molecular complexity index is 547. The minimum absolute atomic E-state index is 0.199. The van der Waals surface area contributed by atoms with Gasteiger partial charge in [0, 0.05) is 19.0 Å². The smallest absolute Gasteiger partial charge is 0.207 e. The fraction of sp³-hybridized carbons (Fsp3) is 0.273. The normalized spacial score (nSPS) is 31.3. The third kappa shape index (κ3) is 1.06. The second kappa shape index (κ2) is 2.71. The molecule has 1 aromatic carbocycles. The van der Waals surface area contributed by atoms with Crippen molar-refractivity contribution < 1.29 is 8.42 Å². The van der Waals surface area contributed by atoms with Gasteiger partial charge in [-0.2, -0.15) is 4.31 Å². The van der Waals surface area contributed by atoms with E-state index in [2.05, 4.69) is 6.58 Å². The molecule has 0 N–H and O–H groups in total. The van der Waals surface area contributed by atoms with Crippen LogP contribution in [0, 0.1) is 0 Å². The molecule has 0 radical (unpaired) electrons. The van der Waals surface area contributed by atoms with Crippen molar-refractivity contribution in [1.82, 2.24) is 4.31 Å². The van der Waals surface area contributed by atoms with Crippen molar-refractivity contribution in [2.24, 2.45) is 0 Å². The Morgan fingerprint density at radius 2 is 2.07 bits per heavy atom. The highest BCUT2D eigenvalue weighted by Gasteiger charge is 2.42. The van der Waals surface area contributed by atoms with Crippen LogP contribution in [0.15, 0.2) is 41.3 Å². The number of fused-ring (bicyclic) bond motifs is 4. The first-order chi connectivity index (χ1) is 7.10. The molecule has 1 fully saturated rings. The maximum Gasteiger partial charge on any atom is 0.243 e. The van der Waals surface area contributed by atoms with Gasteiger partial charge in [-0.1, -0.05) is 30.4 Å². The van der Waals surface area contributed by atoms with Gasteiger partial charge in [-0.15, -0.1) is 0 Å². The molecular formula is C11H11NO2S. The van der Waals surface area contributed by atoms with E-state index < -0.39 is 10.0 Å². The molecule has 1 saturated heterocycles. The van der Waals surface area contributed by atoms with Crippen LogP contribution in [0.25, 0.3) is 0 Å². The zero-order chi connectivity index (χ0) is 10.6. The first-order valence-electron chi connectivity index (χ1n) is 4.87. The first-order valence-corrected chi connectivity index (χ1v) is 6.31. The topological polar surface area (TPSA) is 37.4 Å². The number of sulfonamides is 1. The van der Waals surface area contributed by atoms with E-state index in [1.165, 1.54) is 4.31 Å². The molecule has 1 unspecified atom stereocenters. The third-order valence-electron chi connectivity index (χ3n) is 3.17. The van der Waals surface area contributed by atoms with Gasteiger partial charge in [-0.3, -0.25) is 0 Å². The molecule has 2 atom stereocenters. The Morgan fingerprint density at radius 3 is 2.87 bits per heavy atom. The first kappa shape index (κ1) is 9.12. The largest absolute Gasteiger partial charge is 0.243 e. The summed E-state index contributed by atoms with van der Waals surface area (Å²) in [6.45, 7) is 5.00.